The molecule has 0 saturated carbocycles. The fourth-order valence-electron chi connectivity index (χ4n) is 10.6. The molecule has 12 aromatic carbocycles. The van der Waals surface area contributed by atoms with E-state index in [0.29, 0.717) is 0 Å². The smallest absolute Gasteiger partial charge is 0.0623 e. The van der Waals surface area contributed by atoms with Crippen molar-refractivity contribution in [3.05, 3.63) is 243 Å². The van der Waals surface area contributed by atoms with Crippen molar-refractivity contribution in [1.29, 1.82) is 0 Å². The Morgan fingerprint density at radius 2 is 0.361 bits per heavy atom. The Morgan fingerprint density at radius 3 is 0.639 bits per heavy atom. The van der Waals surface area contributed by atoms with Gasteiger partial charge in [-0.15, -0.1) is 0 Å². The SMILES string of the molecule is c1ccc([Si](c2ccccc2)(c2ccccc2)c2ccc3c(c2)c2ccccc2c2ccccc2c2cc4c5ccccc5c5ccccc5c5ccccc5c4cc32)cc1. The van der Waals surface area contributed by atoms with Crippen LogP contribution in [-0.4, -0.2) is 8.07 Å². The number of benzene rings is 10. The van der Waals surface area contributed by atoms with Crippen LogP contribution in [0.2, 0.25) is 0 Å². The molecule has 61 heavy (non-hydrogen) atoms. The lowest BCUT2D eigenvalue weighted by molar-refractivity contribution is 1.67. The molecule has 12 aromatic rings. The molecule has 0 radical (unpaired) electrons. The van der Waals surface area contributed by atoms with Gasteiger partial charge in [-0.3, -0.25) is 0 Å². The average molecular weight is 789 g/mol. The van der Waals surface area contributed by atoms with E-state index in [-0.39, 0.29) is 0 Å². The zero-order valence-electron chi connectivity index (χ0n) is 33.6. The van der Waals surface area contributed by atoms with E-state index in [1.807, 2.05) is 0 Å². The minimum absolute atomic E-state index is 1.24. The molecular weight excluding hydrogens is 749 g/mol. The standard InChI is InChI=1S/C60H40Si/c1-4-20-41(21-5-1)61(42-22-6-2-7-23-42,43-24-8-3-9-25-43)44-36-37-55-56(38-44)51-32-16-12-30-49(51)50-31-15-19-35-54(50)59-39-57-52-33-17-13-28-47(52)45-26-10-11-27-46(45)48-29-14-18-34-53(48)58(57)40-60(55)59/h1-40H. The average Bonchev–Trinajstić information content (AvgIpc) is 3.34. The van der Waals surface area contributed by atoms with Gasteiger partial charge >= 0.3 is 0 Å². The summed E-state index contributed by atoms with van der Waals surface area (Å²) < 4.78 is 0. The monoisotopic (exact) mass is 788 g/mol. The van der Waals surface area contributed by atoms with Crippen LogP contribution in [0.5, 0.6) is 0 Å². The first-order valence-electron chi connectivity index (χ1n) is 21.3. The number of hydrogen-bond donors (Lipinski definition) is 0. The van der Waals surface area contributed by atoms with E-state index in [1.54, 1.807) is 0 Å². The van der Waals surface area contributed by atoms with E-state index in [0.717, 1.165) is 0 Å². The molecule has 0 spiro atoms. The van der Waals surface area contributed by atoms with E-state index in [1.165, 1.54) is 107 Å². The molecule has 0 bridgehead atoms. The molecule has 0 fully saturated rings. The first-order chi connectivity index (χ1) is 30.3. The van der Waals surface area contributed by atoms with E-state index in [9.17, 15) is 0 Å². The molecule has 0 aliphatic heterocycles. The Labute approximate surface area is 355 Å². The van der Waals surface area contributed by atoms with Crippen molar-refractivity contribution in [1.82, 2.24) is 0 Å². The van der Waals surface area contributed by atoms with Crippen molar-refractivity contribution in [3.63, 3.8) is 0 Å². The Bertz CT molecular complexity index is 3650. The molecule has 0 saturated heterocycles. The fraction of sp³-hybridized carbons (Fsp3) is 0. The zero-order chi connectivity index (χ0) is 40.3. The minimum Gasteiger partial charge on any atom is -0.0623 e. The summed E-state index contributed by atoms with van der Waals surface area (Å²) in [5.41, 5.74) is 0. The van der Waals surface area contributed by atoms with Gasteiger partial charge in [0.25, 0.3) is 0 Å². The molecule has 1 heteroatoms. The summed E-state index contributed by atoms with van der Waals surface area (Å²) in [4.78, 5) is 0. The summed E-state index contributed by atoms with van der Waals surface area (Å²) in [6, 6.07) is 91.4. The first kappa shape index (κ1) is 35.4. The van der Waals surface area contributed by atoms with Crippen LogP contribution in [0.15, 0.2) is 243 Å². The molecule has 0 nitrogen and oxygen atoms in total. The maximum Gasteiger partial charge on any atom is 0.179 e. The lowest BCUT2D eigenvalue weighted by Gasteiger charge is -2.34. The highest BCUT2D eigenvalue weighted by Crippen LogP contribution is 2.41. The molecule has 0 aliphatic carbocycles. The van der Waals surface area contributed by atoms with Gasteiger partial charge in [-0.2, -0.15) is 0 Å². The van der Waals surface area contributed by atoms with Gasteiger partial charge in [-0.05, 0) is 119 Å². The van der Waals surface area contributed by atoms with E-state index in [4.69, 9.17) is 0 Å². The van der Waals surface area contributed by atoms with Crippen LogP contribution in [0.3, 0.4) is 0 Å². The Kier molecular flexibility index (Phi) is 8.30. The summed E-state index contributed by atoms with van der Waals surface area (Å²) in [5, 5.41) is 25.5. The largest absolute Gasteiger partial charge is 0.179 e. The Balaban J connectivity index is 1.34. The fourth-order valence-corrected chi connectivity index (χ4v) is 15.3. The second-order valence-corrected chi connectivity index (χ2v) is 20.1. The first-order valence-corrected chi connectivity index (χ1v) is 23.3. The van der Waals surface area contributed by atoms with Gasteiger partial charge < -0.3 is 0 Å². The predicted molar refractivity (Wildman–Crippen MR) is 268 cm³/mol. The quantitative estimate of drug-likeness (QED) is 0.123. The predicted octanol–water partition coefficient (Wildman–Crippen LogP) is 13.4. The zero-order valence-corrected chi connectivity index (χ0v) is 34.6. The molecule has 12 rings (SSSR count). The van der Waals surface area contributed by atoms with Gasteiger partial charge in [0.15, 0.2) is 8.07 Å². The molecular formula is C60H40Si. The topological polar surface area (TPSA) is 0 Å². The van der Waals surface area contributed by atoms with Gasteiger partial charge in [0.05, 0.1) is 0 Å². The van der Waals surface area contributed by atoms with Gasteiger partial charge in [0, 0.05) is 0 Å². The van der Waals surface area contributed by atoms with Crippen LogP contribution < -0.4 is 20.7 Å². The van der Waals surface area contributed by atoms with E-state index >= 15 is 0 Å². The van der Waals surface area contributed by atoms with Gasteiger partial charge in [0.2, 0.25) is 0 Å². The highest BCUT2D eigenvalue weighted by Gasteiger charge is 2.41. The lowest BCUT2D eigenvalue weighted by atomic mass is 9.90. The van der Waals surface area contributed by atoms with Crippen LogP contribution in [0.1, 0.15) is 0 Å². The third-order valence-electron chi connectivity index (χ3n) is 13.2. The third-order valence-corrected chi connectivity index (χ3v) is 18.0. The number of fused-ring (bicyclic) bond motifs is 16. The number of rotatable bonds is 4. The van der Waals surface area contributed by atoms with Gasteiger partial charge in [0.1, 0.15) is 0 Å². The van der Waals surface area contributed by atoms with Crippen LogP contribution in [0.25, 0.3) is 86.2 Å². The molecule has 0 amide bonds. The van der Waals surface area contributed by atoms with E-state index in [2.05, 4.69) is 243 Å². The van der Waals surface area contributed by atoms with Crippen LogP contribution in [0.4, 0.5) is 0 Å². The lowest BCUT2D eigenvalue weighted by Crippen LogP contribution is -2.74. The summed E-state index contributed by atoms with van der Waals surface area (Å²) in [6.45, 7) is 0. The molecule has 0 unspecified atom stereocenters. The van der Waals surface area contributed by atoms with Crippen LogP contribution in [0, 0.1) is 0 Å². The minimum atomic E-state index is -2.83. The Morgan fingerprint density at radius 1 is 0.148 bits per heavy atom. The summed E-state index contributed by atoms with van der Waals surface area (Å²) in [7, 11) is -2.83. The second-order valence-electron chi connectivity index (χ2n) is 16.3. The summed E-state index contributed by atoms with van der Waals surface area (Å²) in [6.07, 6.45) is 0. The summed E-state index contributed by atoms with van der Waals surface area (Å²) >= 11 is 0. The highest BCUT2D eigenvalue weighted by atomic mass is 28.3. The molecule has 284 valence electrons. The van der Waals surface area contributed by atoms with Crippen molar-refractivity contribution >= 4 is 115 Å². The van der Waals surface area contributed by atoms with E-state index < -0.39 is 8.07 Å². The van der Waals surface area contributed by atoms with Crippen molar-refractivity contribution in [2.45, 2.75) is 0 Å². The second kappa shape index (κ2) is 14.3. The summed E-state index contributed by atoms with van der Waals surface area (Å²) in [5.74, 6) is 0. The van der Waals surface area contributed by atoms with Crippen molar-refractivity contribution in [3.8, 4) is 0 Å². The third kappa shape index (κ3) is 5.45. The molecule has 0 heterocycles. The highest BCUT2D eigenvalue weighted by molar-refractivity contribution is 7.20. The maximum atomic E-state index is 2.57. The van der Waals surface area contributed by atoms with Crippen molar-refractivity contribution < 1.29 is 0 Å². The maximum absolute atomic E-state index is 2.83. The van der Waals surface area contributed by atoms with Gasteiger partial charge in [-0.25, -0.2) is 0 Å². The Hall–Kier alpha value is -7.58. The van der Waals surface area contributed by atoms with Crippen LogP contribution in [-0.2, 0) is 0 Å². The molecule has 0 aromatic heterocycles. The van der Waals surface area contributed by atoms with Crippen molar-refractivity contribution in [2.75, 3.05) is 0 Å². The van der Waals surface area contributed by atoms with Crippen molar-refractivity contribution in [2.24, 2.45) is 0 Å². The molecule has 0 atom stereocenters. The number of hydrogen-bond acceptors (Lipinski definition) is 0. The molecule has 0 N–H and O–H groups in total. The normalized spacial score (nSPS) is 11.9. The molecule has 0 aliphatic rings. The van der Waals surface area contributed by atoms with Gasteiger partial charge in [-0.1, -0.05) is 231 Å². The van der Waals surface area contributed by atoms with Crippen LogP contribution >= 0.6 is 0 Å².